The van der Waals surface area contributed by atoms with Crippen molar-refractivity contribution in [1.29, 1.82) is 0 Å². The first-order valence-electron chi connectivity index (χ1n) is 7.03. The monoisotopic (exact) mass is 238 g/mol. The zero-order valence-corrected chi connectivity index (χ0v) is 11.2. The van der Waals surface area contributed by atoms with E-state index in [0.29, 0.717) is 11.3 Å². The van der Waals surface area contributed by atoms with E-state index >= 15 is 0 Å². The maximum atomic E-state index is 12.1. The fourth-order valence-electron chi connectivity index (χ4n) is 3.17. The van der Waals surface area contributed by atoms with Gasteiger partial charge in [0.15, 0.2) is 0 Å². The van der Waals surface area contributed by atoms with Gasteiger partial charge in [-0.2, -0.15) is 0 Å². The number of rotatable bonds is 5. The molecular formula is C14H26N2O. The standard InChI is InChI=1S/C14H26N2O/c1-11(2)9-13(7-8-13)10-16-12(17)14(15)5-3-4-6-14/h11H,3-10,15H2,1-2H3,(H,16,17). The highest BCUT2D eigenvalue weighted by Gasteiger charge is 2.44. The summed E-state index contributed by atoms with van der Waals surface area (Å²) in [4.78, 5) is 12.1. The van der Waals surface area contributed by atoms with E-state index in [-0.39, 0.29) is 5.91 Å². The quantitative estimate of drug-likeness (QED) is 0.771. The van der Waals surface area contributed by atoms with Crippen molar-refractivity contribution in [3.63, 3.8) is 0 Å². The lowest BCUT2D eigenvalue weighted by Gasteiger charge is -2.25. The predicted molar refractivity (Wildman–Crippen MR) is 69.5 cm³/mol. The Morgan fingerprint density at radius 2 is 1.82 bits per heavy atom. The van der Waals surface area contributed by atoms with Crippen LogP contribution in [-0.2, 0) is 4.79 Å². The van der Waals surface area contributed by atoms with Gasteiger partial charge in [-0.3, -0.25) is 4.79 Å². The third-order valence-electron chi connectivity index (χ3n) is 4.37. The summed E-state index contributed by atoms with van der Waals surface area (Å²) in [6.07, 6.45) is 7.67. The molecule has 0 spiro atoms. The van der Waals surface area contributed by atoms with Crippen molar-refractivity contribution < 1.29 is 4.79 Å². The van der Waals surface area contributed by atoms with E-state index < -0.39 is 5.54 Å². The molecule has 0 atom stereocenters. The molecule has 1 amide bonds. The summed E-state index contributed by atoms with van der Waals surface area (Å²) in [6.45, 7) is 5.34. The fraction of sp³-hybridized carbons (Fsp3) is 0.929. The summed E-state index contributed by atoms with van der Waals surface area (Å²) in [5, 5.41) is 3.11. The predicted octanol–water partition coefficient (Wildman–Crippen LogP) is 2.20. The van der Waals surface area contributed by atoms with Crippen LogP contribution >= 0.6 is 0 Å². The summed E-state index contributed by atoms with van der Waals surface area (Å²) in [5.74, 6) is 0.803. The van der Waals surface area contributed by atoms with Gasteiger partial charge in [0.25, 0.3) is 0 Å². The van der Waals surface area contributed by atoms with Crippen molar-refractivity contribution in [3.05, 3.63) is 0 Å². The minimum Gasteiger partial charge on any atom is -0.354 e. The first-order chi connectivity index (χ1) is 7.96. The van der Waals surface area contributed by atoms with Gasteiger partial charge in [-0.25, -0.2) is 0 Å². The SMILES string of the molecule is CC(C)CC1(CNC(=O)C2(N)CCCC2)CC1. The number of carbonyl (C=O) groups is 1. The van der Waals surface area contributed by atoms with Crippen LogP contribution in [0.5, 0.6) is 0 Å². The summed E-state index contributed by atoms with van der Waals surface area (Å²) in [5.41, 5.74) is 5.98. The molecule has 2 saturated carbocycles. The molecule has 3 nitrogen and oxygen atoms in total. The van der Waals surface area contributed by atoms with Gasteiger partial charge in [-0.05, 0) is 43.4 Å². The number of hydrogen-bond donors (Lipinski definition) is 2. The molecule has 2 rings (SSSR count). The van der Waals surface area contributed by atoms with Crippen molar-refractivity contribution in [3.8, 4) is 0 Å². The molecule has 2 aliphatic carbocycles. The summed E-state index contributed by atoms with van der Waals surface area (Å²) in [6, 6.07) is 0. The van der Waals surface area contributed by atoms with E-state index in [4.69, 9.17) is 5.73 Å². The molecule has 0 unspecified atom stereocenters. The maximum absolute atomic E-state index is 12.1. The van der Waals surface area contributed by atoms with Gasteiger partial charge in [0, 0.05) is 6.54 Å². The molecule has 0 aromatic rings. The third kappa shape index (κ3) is 3.01. The molecule has 2 aliphatic rings. The highest BCUT2D eigenvalue weighted by molar-refractivity contribution is 5.86. The van der Waals surface area contributed by atoms with E-state index in [1.807, 2.05) is 0 Å². The Kier molecular flexibility index (Phi) is 3.48. The topological polar surface area (TPSA) is 55.1 Å². The van der Waals surface area contributed by atoms with Crippen molar-refractivity contribution >= 4 is 5.91 Å². The minimum absolute atomic E-state index is 0.0880. The lowest BCUT2D eigenvalue weighted by atomic mass is 9.93. The second-order valence-corrected chi connectivity index (χ2v) is 6.64. The number of nitrogens with two attached hydrogens (primary N) is 1. The second kappa shape index (κ2) is 4.60. The number of nitrogens with one attached hydrogen (secondary N) is 1. The zero-order valence-electron chi connectivity index (χ0n) is 11.2. The molecule has 0 radical (unpaired) electrons. The molecule has 0 aromatic heterocycles. The lowest BCUT2D eigenvalue weighted by molar-refractivity contribution is -0.126. The largest absolute Gasteiger partial charge is 0.354 e. The van der Waals surface area contributed by atoms with E-state index in [9.17, 15) is 4.79 Å². The van der Waals surface area contributed by atoms with Gasteiger partial charge >= 0.3 is 0 Å². The van der Waals surface area contributed by atoms with Gasteiger partial charge < -0.3 is 11.1 Å². The smallest absolute Gasteiger partial charge is 0.240 e. The molecule has 3 N–H and O–H groups in total. The Labute approximate surface area is 105 Å². The van der Waals surface area contributed by atoms with Crippen molar-refractivity contribution in [1.82, 2.24) is 5.32 Å². The summed E-state index contributed by atoms with van der Waals surface area (Å²) >= 11 is 0. The van der Waals surface area contributed by atoms with Gasteiger partial charge in [-0.15, -0.1) is 0 Å². The third-order valence-corrected chi connectivity index (χ3v) is 4.37. The van der Waals surface area contributed by atoms with E-state index in [0.717, 1.165) is 32.2 Å². The first-order valence-corrected chi connectivity index (χ1v) is 7.03. The van der Waals surface area contributed by atoms with E-state index in [1.54, 1.807) is 0 Å². The van der Waals surface area contributed by atoms with Crippen LogP contribution in [0.1, 0.15) is 58.8 Å². The molecule has 2 fully saturated rings. The van der Waals surface area contributed by atoms with Crippen molar-refractivity contribution in [2.24, 2.45) is 17.1 Å². The van der Waals surface area contributed by atoms with Crippen LogP contribution in [0.2, 0.25) is 0 Å². The maximum Gasteiger partial charge on any atom is 0.240 e. The molecule has 0 aromatic carbocycles. The average Bonchev–Trinajstić information content (AvgIpc) is 2.86. The normalized spacial score (nSPS) is 24.9. The Morgan fingerprint density at radius 1 is 1.24 bits per heavy atom. The first kappa shape index (κ1) is 12.9. The van der Waals surface area contributed by atoms with Crippen LogP contribution in [0.4, 0.5) is 0 Å². The van der Waals surface area contributed by atoms with E-state index in [1.165, 1.54) is 19.3 Å². The minimum atomic E-state index is -0.562. The van der Waals surface area contributed by atoms with Crippen LogP contribution in [0.3, 0.4) is 0 Å². The molecule has 0 bridgehead atoms. The zero-order chi connectivity index (χ0) is 12.5. The molecule has 3 heteroatoms. The van der Waals surface area contributed by atoms with E-state index in [2.05, 4.69) is 19.2 Å². The van der Waals surface area contributed by atoms with Gasteiger partial charge in [0.2, 0.25) is 5.91 Å². The number of amides is 1. The van der Waals surface area contributed by atoms with Gasteiger partial charge in [-0.1, -0.05) is 26.7 Å². The fourth-order valence-corrected chi connectivity index (χ4v) is 3.17. The molecule has 98 valence electrons. The average molecular weight is 238 g/mol. The summed E-state index contributed by atoms with van der Waals surface area (Å²) < 4.78 is 0. The molecular weight excluding hydrogens is 212 g/mol. The van der Waals surface area contributed by atoms with Crippen LogP contribution in [0, 0.1) is 11.3 Å². The van der Waals surface area contributed by atoms with Crippen LogP contribution in [0.25, 0.3) is 0 Å². The second-order valence-electron chi connectivity index (χ2n) is 6.64. The lowest BCUT2D eigenvalue weighted by Crippen LogP contribution is -2.53. The number of hydrogen-bond acceptors (Lipinski definition) is 2. The highest BCUT2D eigenvalue weighted by atomic mass is 16.2. The van der Waals surface area contributed by atoms with Gasteiger partial charge in [0.05, 0.1) is 5.54 Å². The van der Waals surface area contributed by atoms with Crippen LogP contribution in [0.15, 0.2) is 0 Å². The molecule has 0 aliphatic heterocycles. The van der Waals surface area contributed by atoms with Crippen molar-refractivity contribution in [2.45, 2.75) is 64.3 Å². The Morgan fingerprint density at radius 3 is 2.29 bits per heavy atom. The van der Waals surface area contributed by atoms with Gasteiger partial charge in [0.1, 0.15) is 0 Å². The molecule has 0 heterocycles. The van der Waals surface area contributed by atoms with Crippen LogP contribution < -0.4 is 11.1 Å². The Balaban J connectivity index is 1.80. The molecule has 17 heavy (non-hydrogen) atoms. The number of carbonyl (C=O) groups excluding carboxylic acids is 1. The summed E-state index contributed by atoms with van der Waals surface area (Å²) in [7, 11) is 0. The van der Waals surface area contributed by atoms with Crippen LogP contribution in [-0.4, -0.2) is 18.0 Å². The highest BCUT2D eigenvalue weighted by Crippen LogP contribution is 2.50. The molecule has 0 saturated heterocycles. The Bertz CT molecular complexity index is 289. The Hall–Kier alpha value is -0.570. The van der Waals surface area contributed by atoms with Crippen molar-refractivity contribution in [2.75, 3.05) is 6.54 Å².